The molecule has 0 atom stereocenters. The summed E-state index contributed by atoms with van der Waals surface area (Å²) in [6, 6.07) is 9.25. The second kappa shape index (κ2) is 9.27. The van der Waals surface area contributed by atoms with E-state index in [4.69, 9.17) is 15.9 Å². The number of hydrogen-bond donors (Lipinski definition) is 4. The van der Waals surface area contributed by atoms with Gasteiger partial charge in [0.25, 0.3) is 5.91 Å². The van der Waals surface area contributed by atoms with Crippen molar-refractivity contribution >= 4 is 41.3 Å². The molecule has 0 aliphatic carbocycles. The number of para-hydroxylation sites is 1. The van der Waals surface area contributed by atoms with E-state index in [-0.39, 0.29) is 30.8 Å². The summed E-state index contributed by atoms with van der Waals surface area (Å²) >= 11 is 0. The minimum atomic E-state index is -0.568. The molecule has 0 bridgehead atoms. The summed E-state index contributed by atoms with van der Waals surface area (Å²) in [6.07, 6.45) is -0.0843. The summed E-state index contributed by atoms with van der Waals surface area (Å²) in [6.45, 7) is 5.85. The van der Waals surface area contributed by atoms with Crippen molar-refractivity contribution in [2.75, 3.05) is 13.1 Å². The first-order valence-corrected chi connectivity index (χ1v) is 8.38. The lowest BCUT2D eigenvalue weighted by Crippen LogP contribution is -2.43. The van der Waals surface area contributed by atoms with Gasteiger partial charge in [0, 0.05) is 24.0 Å². The van der Waals surface area contributed by atoms with Crippen LogP contribution in [0.5, 0.6) is 0 Å². The number of guanidine groups is 1. The number of fused-ring (bicyclic) bond motifs is 1. The van der Waals surface area contributed by atoms with Crippen LogP contribution in [0.3, 0.4) is 0 Å². The Labute approximate surface area is 164 Å². The molecule has 0 aliphatic heterocycles. The number of carbonyl (C=O) groups is 2. The van der Waals surface area contributed by atoms with Gasteiger partial charge >= 0.3 is 6.09 Å². The number of H-pyrrole nitrogens is 1. The summed E-state index contributed by atoms with van der Waals surface area (Å²) in [5, 5.41) is 11.2. The van der Waals surface area contributed by atoms with Gasteiger partial charge in [0.1, 0.15) is 11.3 Å². The maximum absolute atomic E-state index is 12.6. The standard InChI is InChI=1S/C18H25N5O3.ClH/c1-18(2,3)26-17(25)21-9-6-10-23(16(19)20)15(24)14-11-12-7-4-5-8-13(12)22-14;/h4-5,7-8,11,22H,6,9-10H2,1-3H3,(H3,19,20)(H,21,25);1H. The molecule has 0 saturated carbocycles. The predicted octanol–water partition coefficient (Wildman–Crippen LogP) is 2.84. The van der Waals surface area contributed by atoms with Crippen LogP contribution >= 0.6 is 12.4 Å². The number of amides is 2. The molecular weight excluding hydrogens is 370 g/mol. The molecule has 27 heavy (non-hydrogen) atoms. The van der Waals surface area contributed by atoms with Gasteiger partial charge in [-0.3, -0.25) is 15.1 Å². The van der Waals surface area contributed by atoms with Crippen molar-refractivity contribution < 1.29 is 14.3 Å². The Morgan fingerprint density at radius 1 is 1.30 bits per heavy atom. The Morgan fingerprint density at radius 3 is 2.56 bits per heavy atom. The van der Waals surface area contributed by atoms with E-state index in [1.165, 1.54) is 4.90 Å². The minimum absolute atomic E-state index is 0. The fourth-order valence-electron chi connectivity index (χ4n) is 2.41. The lowest BCUT2D eigenvalue weighted by atomic mass is 10.2. The summed E-state index contributed by atoms with van der Waals surface area (Å²) in [5.41, 5.74) is 6.19. The zero-order valence-corrected chi connectivity index (χ0v) is 16.5. The van der Waals surface area contributed by atoms with Gasteiger partial charge < -0.3 is 20.8 Å². The van der Waals surface area contributed by atoms with Crippen molar-refractivity contribution in [3.8, 4) is 0 Å². The zero-order valence-electron chi connectivity index (χ0n) is 15.7. The molecule has 1 aromatic carbocycles. The van der Waals surface area contributed by atoms with Crippen LogP contribution in [0.15, 0.2) is 30.3 Å². The number of carbonyl (C=O) groups excluding carboxylic acids is 2. The number of alkyl carbamates (subject to hydrolysis) is 1. The number of halogens is 1. The Kier molecular flexibility index (Phi) is 7.66. The normalized spacial score (nSPS) is 10.8. The number of rotatable bonds is 5. The Morgan fingerprint density at radius 2 is 1.96 bits per heavy atom. The second-order valence-corrected chi connectivity index (χ2v) is 6.89. The molecular formula is C18H26ClN5O3. The molecule has 9 heteroatoms. The summed E-state index contributed by atoms with van der Waals surface area (Å²) in [7, 11) is 0. The van der Waals surface area contributed by atoms with E-state index in [0.29, 0.717) is 18.7 Å². The van der Waals surface area contributed by atoms with Gasteiger partial charge in [0.2, 0.25) is 0 Å². The smallest absolute Gasteiger partial charge is 0.407 e. The third kappa shape index (κ3) is 6.49. The Bertz CT molecular complexity index is 780. The lowest BCUT2D eigenvalue weighted by Gasteiger charge is -2.21. The molecule has 2 aromatic rings. The fourth-order valence-corrected chi connectivity index (χ4v) is 2.41. The van der Waals surface area contributed by atoms with Gasteiger partial charge in [0.05, 0.1) is 0 Å². The quantitative estimate of drug-likeness (QED) is 0.353. The van der Waals surface area contributed by atoms with Crippen LogP contribution in [0.1, 0.15) is 37.7 Å². The Hall–Kier alpha value is -2.74. The topological polar surface area (TPSA) is 124 Å². The van der Waals surface area contributed by atoms with Crippen LogP contribution in [0.4, 0.5) is 4.79 Å². The average molecular weight is 396 g/mol. The van der Waals surface area contributed by atoms with Gasteiger partial charge in [-0.25, -0.2) is 4.79 Å². The lowest BCUT2D eigenvalue weighted by molar-refractivity contribution is 0.0527. The van der Waals surface area contributed by atoms with Crippen LogP contribution in [0, 0.1) is 5.41 Å². The van der Waals surface area contributed by atoms with E-state index in [1.54, 1.807) is 26.8 Å². The zero-order chi connectivity index (χ0) is 19.3. The summed E-state index contributed by atoms with van der Waals surface area (Å²) in [4.78, 5) is 28.4. The maximum atomic E-state index is 12.6. The molecule has 5 N–H and O–H groups in total. The van der Waals surface area contributed by atoms with E-state index >= 15 is 0 Å². The molecule has 2 rings (SSSR count). The SMILES string of the molecule is CC(C)(C)OC(=O)NCCCN(C(=N)N)C(=O)c1cc2ccccc2[nH]1.Cl. The largest absolute Gasteiger partial charge is 0.444 e. The van der Waals surface area contributed by atoms with Gasteiger partial charge in [-0.15, -0.1) is 12.4 Å². The van der Waals surface area contributed by atoms with Crippen molar-refractivity contribution in [1.29, 1.82) is 5.41 Å². The molecule has 1 aromatic heterocycles. The molecule has 0 radical (unpaired) electrons. The predicted molar refractivity (Wildman–Crippen MR) is 107 cm³/mol. The fraction of sp³-hybridized carbons (Fsp3) is 0.389. The first kappa shape index (κ1) is 22.3. The monoisotopic (exact) mass is 395 g/mol. The summed E-state index contributed by atoms with van der Waals surface area (Å²) < 4.78 is 5.14. The van der Waals surface area contributed by atoms with Crippen LogP contribution in [-0.2, 0) is 4.74 Å². The first-order chi connectivity index (χ1) is 12.2. The van der Waals surface area contributed by atoms with Gasteiger partial charge in [-0.05, 0) is 39.3 Å². The van der Waals surface area contributed by atoms with Crippen LogP contribution < -0.4 is 11.1 Å². The summed E-state index contributed by atoms with van der Waals surface area (Å²) in [5.74, 6) is -0.725. The van der Waals surface area contributed by atoms with Crippen LogP contribution in [0.2, 0.25) is 0 Å². The second-order valence-electron chi connectivity index (χ2n) is 6.89. The molecule has 0 saturated heterocycles. The van der Waals surface area contributed by atoms with Crippen LogP contribution in [-0.4, -0.2) is 46.5 Å². The molecule has 0 fully saturated rings. The average Bonchev–Trinajstić information content (AvgIpc) is 2.96. The van der Waals surface area contributed by atoms with Gasteiger partial charge in [-0.1, -0.05) is 18.2 Å². The third-order valence-electron chi connectivity index (χ3n) is 3.52. The first-order valence-electron chi connectivity index (χ1n) is 8.38. The Balaban J connectivity index is 0.00000364. The van der Waals surface area contributed by atoms with E-state index in [1.807, 2.05) is 24.3 Å². The highest BCUT2D eigenvalue weighted by atomic mass is 35.5. The molecule has 8 nitrogen and oxygen atoms in total. The van der Waals surface area contributed by atoms with E-state index in [2.05, 4.69) is 10.3 Å². The van der Waals surface area contributed by atoms with Crippen molar-refractivity contribution in [3.63, 3.8) is 0 Å². The van der Waals surface area contributed by atoms with E-state index in [0.717, 1.165) is 10.9 Å². The van der Waals surface area contributed by atoms with E-state index < -0.39 is 11.7 Å². The molecule has 1 heterocycles. The third-order valence-corrected chi connectivity index (χ3v) is 3.52. The number of aromatic nitrogens is 1. The van der Waals surface area contributed by atoms with E-state index in [9.17, 15) is 9.59 Å². The number of hydrogen-bond acceptors (Lipinski definition) is 4. The molecule has 0 unspecified atom stereocenters. The highest BCUT2D eigenvalue weighted by molar-refractivity contribution is 6.05. The number of benzene rings is 1. The highest BCUT2D eigenvalue weighted by Gasteiger charge is 2.20. The number of ether oxygens (including phenoxy) is 1. The van der Waals surface area contributed by atoms with Crippen molar-refractivity contribution in [1.82, 2.24) is 15.2 Å². The van der Waals surface area contributed by atoms with Gasteiger partial charge in [0.15, 0.2) is 5.96 Å². The van der Waals surface area contributed by atoms with Gasteiger partial charge in [-0.2, -0.15) is 0 Å². The van der Waals surface area contributed by atoms with Crippen molar-refractivity contribution in [2.24, 2.45) is 5.73 Å². The maximum Gasteiger partial charge on any atom is 0.407 e. The van der Waals surface area contributed by atoms with Crippen LogP contribution in [0.25, 0.3) is 10.9 Å². The number of nitrogens with two attached hydrogens (primary N) is 1. The number of aromatic amines is 1. The van der Waals surface area contributed by atoms with Crippen molar-refractivity contribution in [3.05, 3.63) is 36.0 Å². The molecule has 2 amide bonds. The highest BCUT2D eigenvalue weighted by Crippen LogP contribution is 2.16. The number of nitrogens with zero attached hydrogens (tertiary/aromatic N) is 1. The molecule has 0 aliphatic rings. The van der Waals surface area contributed by atoms with Crippen molar-refractivity contribution in [2.45, 2.75) is 32.8 Å². The molecule has 0 spiro atoms. The number of nitrogens with one attached hydrogen (secondary N) is 3. The minimum Gasteiger partial charge on any atom is -0.444 e. The molecule has 148 valence electrons.